The minimum atomic E-state index is 0.0736. The molecule has 0 aliphatic rings. The predicted octanol–water partition coefficient (Wildman–Crippen LogP) is 3.58. The number of hydrogen-bond acceptors (Lipinski definition) is 8. The highest BCUT2D eigenvalue weighted by Crippen LogP contribution is 2.24. The van der Waals surface area contributed by atoms with Crippen molar-refractivity contribution in [2.24, 2.45) is 0 Å². The Morgan fingerprint density at radius 1 is 0.929 bits per heavy atom. The van der Waals surface area contributed by atoms with Crippen LogP contribution in [0.2, 0.25) is 0 Å². The normalized spacial score (nSPS) is 10.6. The van der Waals surface area contributed by atoms with Crippen molar-refractivity contribution in [2.75, 3.05) is 17.7 Å². The molecule has 0 bridgehead atoms. The van der Waals surface area contributed by atoms with Crippen molar-refractivity contribution >= 4 is 23.7 Å². The zero-order chi connectivity index (χ0) is 19.5. The van der Waals surface area contributed by atoms with Crippen LogP contribution >= 0.6 is 0 Å². The fourth-order valence-corrected chi connectivity index (χ4v) is 2.59. The summed E-state index contributed by atoms with van der Waals surface area (Å²) in [5.74, 6) is 1.30. The van der Waals surface area contributed by atoms with Gasteiger partial charge in [0.25, 0.3) is 5.89 Å². The maximum Gasteiger partial charge on any atom is 0.258 e. The summed E-state index contributed by atoms with van der Waals surface area (Å²) in [6, 6.07) is 17.3. The average Bonchev–Trinajstić information content (AvgIpc) is 3.24. The van der Waals surface area contributed by atoms with E-state index < -0.39 is 0 Å². The van der Waals surface area contributed by atoms with Crippen molar-refractivity contribution in [3.8, 4) is 23.1 Å². The van der Waals surface area contributed by atoms with E-state index in [0.717, 1.165) is 16.8 Å². The molecule has 0 unspecified atom stereocenters. The molecule has 2 aromatic heterocycles. The summed E-state index contributed by atoms with van der Waals surface area (Å²) in [6.07, 6.45) is 1.77. The van der Waals surface area contributed by atoms with Gasteiger partial charge in [0, 0.05) is 18.3 Å². The zero-order valence-electron chi connectivity index (χ0n) is 15.1. The van der Waals surface area contributed by atoms with Crippen LogP contribution in [-0.4, -0.2) is 32.1 Å². The van der Waals surface area contributed by atoms with Crippen LogP contribution in [0.25, 0.3) is 29.2 Å². The second-order valence-electron chi connectivity index (χ2n) is 5.96. The topological polar surface area (TPSA) is 107 Å². The Morgan fingerprint density at radius 3 is 2.39 bits per heavy atom. The maximum atomic E-state index is 5.88. The first-order chi connectivity index (χ1) is 13.6. The third-order valence-corrected chi connectivity index (χ3v) is 4.10. The number of hydrogen-bond donors (Lipinski definition) is 1. The molecule has 2 N–H and O–H groups in total. The van der Waals surface area contributed by atoms with Gasteiger partial charge in [-0.1, -0.05) is 48.1 Å². The van der Waals surface area contributed by atoms with E-state index in [1.165, 1.54) is 0 Å². The van der Waals surface area contributed by atoms with Crippen LogP contribution < -0.4 is 10.6 Å². The van der Waals surface area contributed by atoms with Gasteiger partial charge in [-0.25, -0.2) is 0 Å². The van der Waals surface area contributed by atoms with Crippen molar-refractivity contribution in [1.82, 2.24) is 25.1 Å². The second-order valence-corrected chi connectivity index (χ2v) is 5.96. The highest BCUT2D eigenvalue weighted by atomic mass is 16.5. The molecule has 0 spiro atoms. The fourth-order valence-electron chi connectivity index (χ4n) is 2.59. The van der Waals surface area contributed by atoms with Crippen LogP contribution in [0, 0.1) is 0 Å². The fraction of sp³-hybridized carbons (Fsp3) is 0.0500. The SMILES string of the molecule is C=Cc1ccc(-c2nc(-c3nc(N)nc(N(C)c4ccccc4)n3)no2)cc1. The Morgan fingerprint density at radius 2 is 1.68 bits per heavy atom. The maximum absolute atomic E-state index is 5.88. The van der Waals surface area contributed by atoms with Gasteiger partial charge in [-0.15, -0.1) is 0 Å². The Labute approximate surface area is 161 Å². The van der Waals surface area contributed by atoms with Crippen molar-refractivity contribution in [2.45, 2.75) is 0 Å². The van der Waals surface area contributed by atoms with Crippen LogP contribution in [0.4, 0.5) is 17.6 Å². The van der Waals surface area contributed by atoms with Crippen molar-refractivity contribution in [3.05, 3.63) is 66.7 Å². The first-order valence-corrected chi connectivity index (χ1v) is 8.51. The van der Waals surface area contributed by atoms with Crippen molar-refractivity contribution < 1.29 is 4.52 Å². The summed E-state index contributed by atoms with van der Waals surface area (Å²) in [4.78, 5) is 19.0. The molecule has 28 heavy (non-hydrogen) atoms. The number of nitrogens with two attached hydrogens (primary N) is 1. The Bertz CT molecular complexity index is 1110. The first-order valence-electron chi connectivity index (χ1n) is 8.51. The molecule has 0 saturated heterocycles. The lowest BCUT2D eigenvalue weighted by Crippen LogP contribution is -2.15. The molecule has 2 heterocycles. The van der Waals surface area contributed by atoms with Crippen molar-refractivity contribution in [3.63, 3.8) is 0 Å². The summed E-state index contributed by atoms with van der Waals surface area (Å²) in [7, 11) is 1.84. The molecule has 0 atom stereocenters. The lowest BCUT2D eigenvalue weighted by Gasteiger charge is -2.17. The van der Waals surface area contributed by atoms with E-state index in [9.17, 15) is 0 Å². The van der Waals surface area contributed by atoms with Crippen molar-refractivity contribution in [1.29, 1.82) is 0 Å². The molecular formula is C20H17N7O. The minimum absolute atomic E-state index is 0.0736. The van der Waals surface area contributed by atoms with Gasteiger partial charge in [0.05, 0.1) is 0 Å². The Kier molecular flexibility index (Phi) is 4.51. The number of para-hydroxylation sites is 1. The van der Waals surface area contributed by atoms with Crippen LogP contribution in [0.3, 0.4) is 0 Å². The number of benzene rings is 2. The summed E-state index contributed by atoms with van der Waals surface area (Å²) >= 11 is 0. The molecule has 0 aliphatic carbocycles. The van der Waals surface area contributed by atoms with Gasteiger partial charge in [-0.05, 0) is 29.8 Å². The van der Waals surface area contributed by atoms with Crippen LogP contribution in [0.1, 0.15) is 5.56 Å². The summed E-state index contributed by atoms with van der Waals surface area (Å²) in [5.41, 5.74) is 8.58. The highest BCUT2D eigenvalue weighted by molar-refractivity contribution is 5.61. The minimum Gasteiger partial charge on any atom is -0.368 e. The molecule has 0 saturated carbocycles. The van der Waals surface area contributed by atoms with Gasteiger partial charge in [-0.3, -0.25) is 0 Å². The quantitative estimate of drug-likeness (QED) is 0.567. The van der Waals surface area contributed by atoms with E-state index >= 15 is 0 Å². The van der Waals surface area contributed by atoms with Crippen LogP contribution in [0.15, 0.2) is 65.7 Å². The Hall–Kier alpha value is -4.07. The lowest BCUT2D eigenvalue weighted by atomic mass is 10.1. The molecule has 4 aromatic rings. The first kappa shape index (κ1) is 17.3. The Balaban J connectivity index is 1.67. The predicted molar refractivity (Wildman–Crippen MR) is 108 cm³/mol. The molecular weight excluding hydrogens is 354 g/mol. The number of rotatable bonds is 5. The summed E-state index contributed by atoms with van der Waals surface area (Å²) < 4.78 is 5.36. The van der Waals surface area contributed by atoms with E-state index in [-0.39, 0.29) is 17.6 Å². The summed E-state index contributed by atoms with van der Waals surface area (Å²) in [5, 5.41) is 3.99. The van der Waals surface area contributed by atoms with Gasteiger partial charge in [-0.2, -0.15) is 19.9 Å². The monoisotopic (exact) mass is 371 g/mol. The molecule has 0 radical (unpaired) electrons. The lowest BCUT2D eigenvalue weighted by molar-refractivity contribution is 0.432. The standard InChI is InChI=1S/C20H17N7O/c1-3-13-9-11-14(12-10-13)18-22-17(26-28-18)16-23-19(21)25-20(24-16)27(2)15-7-5-4-6-8-15/h3-12H,1H2,2H3,(H2,21,23,24,25). The number of nitrogen functional groups attached to an aromatic ring is 1. The van der Waals surface area contributed by atoms with Gasteiger partial charge in [0.15, 0.2) is 0 Å². The van der Waals surface area contributed by atoms with E-state index in [1.807, 2.05) is 61.6 Å². The molecule has 4 rings (SSSR count). The molecule has 8 nitrogen and oxygen atoms in total. The van der Waals surface area contributed by atoms with Gasteiger partial charge >= 0.3 is 0 Å². The second kappa shape index (κ2) is 7.28. The summed E-state index contributed by atoms with van der Waals surface area (Å²) in [6.45, 7) is 3.74. The van der Waals surface area contributed by atoms with Crippen LogP contribution in [0.5, 0.6) is 0 Å². The molecule has 0 aliphatic heterocycles. The van der Waals surface area contributed by atoms with Gasteiger partial charge in [0.1, 0.15) is 0 Å². The van der Waals surface area contributed by atoms with E-state index in [1.54, 1.807) is 11.0 Å². The zero-order valence-corrected chi connectivity index (χ0v) is 15.1. The third kappa shape index (κ3) is 3.43. The number of nitrogens with zero attached hydrogens (tertiary/aromatic N) is 6. The smallest absolute Gasteiger partial charge is 0.258 e. The van der Waals surface area contributed by atoms with Gasteiger partial charge in [0.2, 0.25) is 23.5 Å². The van der Waals surface area contributed by atoms with E-state index in [2.05, 4.69) is 31.7 Å². The molecule has 138 valence electrons. The highest BCUT2D eigenvalue weighted by Gasteiger charge is 2.17. The molecule has 8 heteroatoms. The molecule has 2 aromatic carbocycles. The average molecular weight is 371 g/mol. The van der Waals surface area contributed by atoms with Gasteiger partial charge < -0.3 is 15.2 Å². The molecule has 0 amide bonds. The van der Waals surface area contributed by atoms with Crippen LogP contribution in [-0.2, 0) is 0 Å². The van der Waals surface area contributed by atoms with E-state index in [0.29, 0.717) is 11.8 Å². The largest absolute Gasteiger partial charge is 0.368 e. The molecule has 0 fully saturated rings. The number of aromatic nitrogens is 5. The number of anilines is 3. The third-order valence-electron chi connectivity index (χ3n) is 4.10. The van der Waals surface area contributed by atoms with E-state index in [4.69, 9.17) is 10.3 Å².